The van der Waals surface area contributed by atoms with E-state index in [1.807, 2.05) is 35.4 Å². The first-order valence-electron chi connectivity index (χ1n) is 13.4. The first-order valence-corrected chi connectivity index (χ1v) is 15.1. The molecular weight excluding hydrogens is 527 g/mol. The molecule has 2 atom stereocenters. The lowest BCUT2D eigenvalue weighted by molar-refractivity contribution is 0.833. The van der Waals surface area contributed by atoms with E-state index in [1.165, 1.54) is 52.6 Å². The molecule has 8 bridgehead atoms. The lowest BCUT2D eigenvalue weighted by Crippen LogP contribution is -2.18. The van der Waals surface area contributed by atoms with Crippen LogP contribution in [0.5, 0.6) is 0 Å². The fourth-order valence-corrected chi connectivity index (χ4v) is 8.67. The summed E-state index contributed by atoms with van der Waals surface area (Å²) in [7, 11) is 0. The number of fused-ring (bicyclic) bond motifs is 17. The van der Waals surface area contributed by atoms with Crippen LogP contribution in [0.1, 0.15) is 22.3 Å². The highest BCUT2D eigenvalue weighted by Gasteiger charge is 2.35. The smallest absolute Gasteiger partial charge is 0.0917 e. The van der Waals surface area contributed by atoms with Gasteiger partial charge in [-0.1, -0.05) is 78.9 Å². The summed E-state index contributed by atoms with van der Waals surface area (Å²) >= 11 is 3.68. The molecule has 0 saturated carbocycles. The van der Waals surface area contributed by atoms with E-state index in [9.17, 15) is 0 Å². The second-order valence-corrected chi connectivity index (χ2v) is 12.6. The van der Waals surface area contributed by atoms with Crippen molar-refractivity contribution in [1.82, 2.24) is 0 Å². The number of nitrogens with zero attached hydrogens (tertiary/aromatic N) is 3. The zero-order chi connectivity index (χ0) is 26.2. The van der Waals surface area contributed by atoms with Crippen molar-refractivity contribution in [2.75, 3.05) is 0 Å². The number of benzene rings is 3. The Kier molecular flexibility index (Phi) is 4.83. The highest BCUT2D eigenvalue weighted by Crippen LogP contribution is 2.46. The third-order valence-corrected chi connectivity index (χ3v) is 10.4. The Hall–Kier alpha value is -4.32. The third kappa shape index (κ3) is 3.35. The molecule has 0 radical (unpaired) electrons. The van der Waals surface area contributed by atoms with Gasteiger partial charge in [0.2, 0.25) is 0 Å². The molecule has 9 rings (SSSR count). The lowest BCUT2D eigenvalue weighted by Gasteiger charge is -2.15. The summed E-state index contributed by atoms with van der Waals surface area (Å²) < 4.78 is 2.43. The Bertz CT molecular complexity index is 2150. The summed E-state index contributed by atoms with van der Waals surface area (Å²) in [6.07, 6.45) is 15.3. The van der Waals surface area contributed by atoms with Crippen LogP contribution in [0.3, 0.4) is 0 Å². The van der Waals surface area contributed by atoms with E-state index >= 15 is 0 Å². The van der Waals surface area contributed by atoms with Gasteiger partial charge in [0.25, 0.3) is 0 Å². The van der Waals surface area contributed by atoms with E-state index in [2.05, 4.69) is 103 Å². The molecule has 0 fully saturated rings. The van der Waals surface area contributed by atoms with Crippen molar-refractivity contribution in [3.63, 3.8) is 0 Å². The quantitative estimate of drug-likeness (QED) is 0.246. The van der Waals surface area contributed by atoms with Crippen LogP contribution in [-0.2, 0) is 0 Å². The fourth-order valence-electron chi connectivity index (χ4n) is 6.18. The molecule has 3 aromatic carbocycles. The van der Waals surface area contributed by atoms with Crippen LogP contribution in [0.2, 0.25) is 0 Å². The predicted molar refractivity (Wildman–Crippen MR) is 172 cm³/mol. The fraction of sp³-hybridized carbons (Fsp3) is 0.0571. The SMILES string of the molecule is C1=CC2=C3C=C4N=C(/C=c5\s/c(c6ccccc56)=C\C5=NC(=C\C(S3)C2N=C1)/c1ccccc15)c1ccccc14. The second-order valence-electron chi connectivity index (χ2n) is 10.3. The zero-order valence-electron chi connectivity index (χ0n) is 21.3. The number of thiophene rings is 1. The Labute approximate surface area is 239 Å². The number of thioether (sulfide) groups is 1. The molecule has 0 N–H and O–H groups in total. The van der Waals surface area contributed by atoms with E-state index in [1.54, 1.807) is 0 Å². The van der Waals surface area contributed by atoms with Crippen molar-refractivity contribution in [3.8, 4) is 0 Å². The van der Waals surface area contributed by atoms with Gasteiger partial charge >= 0.3 is 0 Å². The van der Waals surface area contributed by atoms with E-state index in [-0.39, 0.29) is 11.3 Å². The minimum atomic E-state index is 0.0652. The Morgan fingerprint density at radius 2 is 1.23 bits per heavy atom. The molecule has 0 aliphatic carbocycles. The van der Waals surface area contributed by atoms with Crippen LogP contribution < -0.4 is 9.06 Å². The molecule has 0 amide bonds. The number of rotatable bonds is 0. The van der Waals surface area contributed by atoms with Crippen molar-refractivity contribution >= 4 is 75.1 Å². The van der Waals surface area contributed by atoms with Crippen molar-refractivity contribution in [1.29, 1.82) is 0 Å². The Balaban J connectivity index is 1.38. The molecule has 5 aliphatic rings. The van der Waals surface area contributed by atoms with E-state index in [4.69, 9.17) is 15.0 Å². The molecule has 3 nitrogen and oxygen atoms in total. The van der Waals surface area contributed by atoms with Crippen molar-refractivity contribution in [3.05, 3.63) is 139 Å². The molecule has 0 spiro atoms. The minimum Gasteiger partial charge on any atom is -0.284 e. The molecule has 5 heteroatoms. The highest BCUT2D eigenvalue weighted by molar-refractivity contribution is 8.04. The van der Waals surface area contributed by atoms with Gasteiger partial charge in [-0.3, -0.25) is 4.99 Å². The number of allylic oxidation sites excluding steroid dienone is 2. The van der Waals surface area contributed by atoms with Crippen LogP contribution >= 0.6 is 23.1 Å². The molecule has 4 aromatic rings. The maximum atomic E-state index is 5.23. The highest BCUT2D eigenvalue weighted by atomic mass is 32.2. The van der Waals surface area contributed by atoms with Crippen LogP contribution in [0.15, 0.2) is 123 Å². The average molecular weight is 548 g/mol. The Morgan fingerprint density at radius 1 is 0.625 bits per heavy atom. The van der Waals surface area contributed by atoms with E-state index in [0.29, 0.717) is 0 Å². The predicted octanol–water partition coefficient (Wildman–Crippen LogP) is 6.54. The molecule has 188 valence electrons. The number of hydrogen-bond acceptors (Lipinski definition) is 5. The molecule has 6 heterocycles. The Morgan fingerprint density at radius 3 is 1.93 bits per heavy atom. The summed E-state index contributed by atoms with van der Waals surface area (Å²) in [6.45, 7) is 0. The lowest BCUT2D eigenvalue weighted by atomic mass is 9.98. The number of aliphatic imine (C=N–C) groups is 3. The molecule has 5 aliphatic heterocycles. The van der Waals surface area contributed by atoms with Gasteiger partial charge in [-0.05, 0) is 36.0 Å². The summed E-state index contributed by atoms with van der Waals surface area (Å²) in [4.78, 5) is 16.6. The first-order chi connectivity index (χ1) is 19.8. The average Bonchev–Trinajstić information content (AvgIpc) is 3.73. The summed E-state index contributed by atoms with van der Waals surface area (Å²) in [5, 5.41) is 2.65. The zero-order valence-corrected chi connectivity index (χ0v) is 22.9. The summed E-state index contributed by atoms with van der Waals surface area (Å²) in [5.41, 5.74) is 10.1. The van der Waals surface area contributed by atoms with Gasteiger partial charge in [-0.2, -0.15) is 0 Å². The monoisotopic (exact) mass is 547 g/mol. The molecule has 40 heavy (non-hydrogen) atoms. The number of dihydropyridines is 1. The van der Waals surface area contributed by atoms with Gasteiger partial charge in [-0.15, -0.1) is 23.1 Å². The number of hydrogen-bond donors (Lipinski definition) is 0. The van der Waals surface area contributed by atoms with Gasteiger partial charge < -0.3 is 0 Å². The van der Waals surface area contributed by atoms with Gasteiger partial charge in [-0.25, -0.2) is 9.98 Å². The first kappa shape index (κ1) is 22.5. The summed E-state index contributed by atoms with van der Waals surface area (Å²) in [6, 6.07) is 25.9. The van der Waals surface area contributed by atoms with Gasteiger partial charge in [0.15, 0.2) is 0 Å². The van der Waals surface area contributed by atoms with Crippen molar-refractivity contribution < 1.29 is 0 Å². The van der Waals surface area contributed by atoms with E-state index < -0.39 is 0 Å². The van der Waals surface area contributed by atoms with Crippen LogP contribution in [0, 0.1) is 0 Å². The third-order valence-electron chi connectivity index (χ3n) is 8.03. The van der Waals surface area contributed by atoms with Crippen molar-refractivity contribution in [2.24, 2.45) is 15.0 Å². The maximum Gasteiger partial charge on any atom is 0.0917 e. The standard InChI is InChI=1S/C35H21N3S2/c1-2-9-21-20(8-1)27-16-31-24-12-5-6-13-25(24)32(39-31)17-28-22-10-3-4-11-23(22)30(38-28)19-34-35-26(14-7-15-36-35)33(40-34)18-29(21)37-27/h1-19,34-35H/b29-18?,30-19-,31-16-,32-17-. The summed E-state index contributed by atoms with van der Waals surface area (Å²) in [5.74, 6) is 0. The van der Waals surface area contributed by atoms with Gasteiger partial charge in [0.05, 0.1) is 34.1 Å². The molecule has 1 aromatic heterocycles. The largest absolute Gasteiger partial charge is 0.284 e. The topological polar surface area (TPSA) is 37.1 Å². The van der Waals surface area contributed by atoms with Gasteiger partial charge in [0.1, 0.15) is 0 Å². The van der Waals surface area contributed by atoms with Crippen LogP contribution in [0.4, 0.5) is 0 Å². The van der Waals surface area contributed by atoms with Crippen molar-refractivity contribution in [2.45, 2.75) is 11.3 Å². The van der Waals surface area contributed by atoms with Crippen LogP contribution in [-0.4, -0.2) is 28.9 Å². The molecule has 0 saturated heterocycles. The second kappa shape index (κ2) is 8.59. The normalized spacial score (nSPS) is 24.6. The maximum absolute atomic E-state index is 5.23. The van der Waals surface area contributed by atoms with E-state index in [0.717, 1.165) is 22.8 Å². The minimum absolute atomic E-state index is 0.0652. The van der Waals surface area contributed by atoms with Gasteiger partial charge in [0, 0.05) is 53.2 Å². The van der Waals surface area contributed by atoms with Crippen LogP contribution in [0.25, 0.3) is 34.3 Å². The molecular formula is C35H21N3S2. The molecule has 2 unspecified atom stereocenters.